The van der Waals surface area contributed by atoms with Crippen molar-refractivity contribution in [2.24, 2.45) is 5.92 Å². The molecule has 0 atom stereocenters. The number of morpholine rings is 1. The Balaban J connectivity index is 1.29. The van der Waals surface area contributed by atoms with Gasteiger partial charge in [0.2, 0.25) is 11.9 Å². The quantitative estimate of drug-likeness (QED) is 0.756. The molecule has 0 unspecified atom stereocenters. The summed E-state index contributed by atoms with van der Waals surface area (Å²) in [5.41, 5.74) is 0.988. The molecule has 1 amide bonds. The summed E-state index contributed by atoms with van der Waals surface area (Å²) in [6, 6.07) is 2.06. The minimum Gasteiger partial charge on any atom is -0.378 e. The van der Waals surface area contributed by atoms with Crippen LogP contribution in [0, 0.1) is 12.8 Å². The third-order valence-electron chi connectivity index (χ3n) is 6.57. The highest BCUT2D eigenvalue weighted by molar-refractivity contribution is 5.76. The van der Waals surface area contributed by atoms with E-state index in [4.69, 9.17) is 9.72 Å². The lowest BCUT2D eigenvalue weighted by molar-refractivity contribution is -0.131. The molecule has 1 saturated carbocycles. The van der Waals surface area contributed by atoms with Crippen LogP contribution in [0.25, 0.3) is 0 Å². The van der Waals surface area contributed by atoms with Gasteiger partial charge in [-0.05, 0) is 19.3 Å². The molecule has 3 aliphatic rings. The molecule has 4 rings (SSSR count). The van der Waals surface area contributed by atoms with Crippen LogP contribution in [-0.4, -0.2) is 73.3 Å². The molecule has 2 aliphatic heterocycles. The Hall–Kier alpha value is -1.89. The lowest BCUT2D eigenvalue weighted by Gasteiger charge is -2.36. The summed E-state index contributed by atoms with van der Waals surface area (Å²) >= 11 is 0. The summed E-state index contributed by atoms with van der Waals surface area (Å²) in [5.74, 6) is 2.89. The van der Waals surface area contributed by atoms with Crippen molar-refractivity contribution >= 4 is 17.7 Å². The molecule has 1 aromatic rings. The van der Waals surface area contributed by atoms with Crippen molar-refractivity contribution in [3.8, 4) is 0 Å². The summed E-state index contributed by atoms with van der Waals surface area (Å²) < 4.78 is 5.45. The number of hydrogen-bond acceptors (Lipinski definition) is 6. The lowest BCUT2D eigenvalue weighted by Crippen LogP contribution is -2.49. The number of amides is 1. The molecule has 7 nitrogen and oxygen atoms in total. The molecule has 0 spiro atoms. The van der Waals surface area contributed by atoms with Crippen LogP contribution in [0.1, 0.15) is 50.6 Å². The van der Waals surface area contributed by atoms with E-state index >= 15 is 0 Å². The monoisotopic (exact) mass is 401 g/mol. The molecule has 0 N–H and O–H groups in total. The van der Waals surface area contributed by atoms with Gasteiger partial charge in [0, 0.05) is 57.4 Å². The number of rotatable bonds is 5. The molecular formula is C22H35N5O2. The van der Waals surface area contributed by atoms with Crippen molar-refractivity contribution in [3.63, 3.8) is 0 Å². The number of hydrogen-bond donors (Lipinski definition) is 0. The van der Waals surface area contributed by atoms with E-state index in [9.17, 15) is 4.79 Å². The number of piperazine rings is 1. The second-order valence-electron chi connectivity index (χ2n) is 8.68. The van der Waals surface area contributed by atoms with Crippen molar-refractivity contribution in [2.45, 2.75) is 51.9 Å². The van der Waals surface area contributed by atoms with E-state index in [0.717, 1.165) is 88.7 Å². The van der Waals surface area contributed by atoms with E-state index in [1.54, 1.807) is 0 Å². The Morgan fingerprint density at radius 2 is 1.72 bits per heavy atom. The van der Waals surface area contributed by atoms with Crippen LogP contribution in [0.3, 0.4) is 0 Å². The molecule has 160 valence electrons. The van der Waals surface area contributed by atoms with Crippen LogP contribution >= 0.6 is 0 Å². The van der Waals surface area contributed by atoms with Crippen LogP contribution in [0.2, 0.25) is 0 Å². The highest BCUT2D eigenvalue weighted by atomic mass is 16.5. The van der Waals surface area contributed by atoms with Gasteiger partial charge in [-0.15, -0.1) is 0 Å². The van der Waals surface area contributed by atoms with Crippen molar-refractivity contribution in [1.29, 1.82) is 0 Å². The van der Waals surface area contributed by atoms with Gasteiger partial charge in [-0.2, -0.15) is 4.98 Å². The maximum atomic E-state index is 12.7. The predicted molar refractivity (Wildman–Crippen MR) is 114 cm³/mol. The van der Waals surface area contributed by atoms with Crippen molar-refractivity contribution in [3.05, 3.63) is 11.8 Å². The van der Waals surface area contributed by atoms with Crippen LogP contribution in [0.15, 0.2) is 6.07 Å². The molecule has 0 radical (unpaired) electrons. The topological polar surface area (TPSA) is 61.8 Å². The van der Waals surface area contributed by atoms with Gasteiger partial charge in [-0.3, -0.25) is 4.79 Å². The smallest absolute Gasteiger partial charge is 0.227 e. The molecule has 7 heteroatoms. The van der Waals surface area contributed by atoms with Gasteiger partial charge in [0.15, 0.2) is 0 Å². The summed E-state index contributed by atoms with van der Waals surface area (Å²) in [6.45, 7) is 8.43. The number of aromatic nitrogens is 2. The third-order valence-corrected chi connectivity index (χ3v) is 6.57. The van der Waals surface area contributed by atoms with Gasteiger partial charge in [0.1, 0.15) is 5.82 Å². The summed E-state index contributed by atoms with van der Waals surface area (Å²) in [5, 5.41) is 0. The molecule has 0 bridgehead atoms. The molecule has 29 heavy (non-hydrogen) atoms. The second kappa shape index (κ2) is 9.74. The van der Waals surface area contributed by atoms with Crippen LogP contribution < -0.4 is 9.80 Å². The summed E-state index contributed by atoms with van der Waals surface area (Å²) in [7, 11) is 0. The maximum Gasteiger partial charge on any atom is 0.227 e. The van der Waals surface area contributed by atoms with E-state index in [1.165, 1.54) is 32.1 Å². The standard InChI is InChI=1S/C22H35N5O2/c1-18-17-20(24-22(23-18)27-13-15-29-16-14-27)25-9-11-26(12-10-25)21(28)8-7-19-5-3-2-4-6-19/h17,19H,2-16H2,1H3. The van der Waals surface area contributed by atoms with E-state index in [2.05, 4.69) is 25.8 Å². The summed E-state index contributed by atoms with van der Waals surface area (Å²) in [4.78, 5) is 28.7. The minimum absolute atomic E-state index is 0.336. The van der Waals surface area contributed by atoms with Crippen LogP contribution in [0.5, 0.6) is 0 Å². The Bertz CT molecular complexity index is 678. The highest BCUT2D eigenvalue weighted by Crippen LogP contribution is 2.27. The molecule has 2 saturated heterocycles. The van der Waals surface area contributed by atoms with E-state index in [-0.39, 0.29) is 0 Å². The maximum absolute atomic E-state index is 12.7. The molecule has 3 fully saturated rings. The molecule has 1 aromatic heterocycles. The van der Waals surface area contributed by atoms with Gasteiger partial charge < -0.3 is 19.4 Å². The SMILES string of the molecule is Cc1cc(N2CCN(C(=O)CCC3CCCCC3)CC2)nc(N2CCOCC2)n1. The van der Waals surface area contributed by atoms with Gasteiger partial charge in [0.25, 0.3) is 0 Å². The fourth-order valence-electron chi connectivity index (χ4n) is 4.75. The van der Waals surface area contributed by atoms with E-state index < -0.39 is 0 Å². The third kappa shape index (κ3) is 5.38. The van der Waals surface area contributed by atoms with Gasteiger partial charge >= 0.3 is 0 Å². The van der Waals surface area contributed by atoms with Crippen LogP contribution in [0.4, 0.5) is 11.8 Å². The number of carbonyl (C=O) groups is 1. The zero-order valence-corrected chi connectivity index (χ0v) is 17.8. The van der Waals surface area contributed by atoms with Crippen molar-refractivity contribution in [2.75, 3.05) is 62.3 Å². The number of carbonyl (C=O) groups excluding carboxylic acids is 1. The molecular weight excluding hydrogens is 366 g/mol. The van der Waals surface area contributed by atoms with Crippen LogP contribution in [-0.2, 0) is 9.53 Å². The van der Waals surface area contributed by atoms with Gasteiger partial charge in [-0.1, -0.05) is 32.1 Å². The zero-order valence-electron chi connectivity index (χ0n) is 17.8. The normalized spacial score (nSPS) is 21.5. The number of aryl methyl sites for hydroxylation is 1. The average molecular weight is 402 g/mol. The Morgan fingerprint density at radius 3 is 2.45 bits per heavy atom. The molecule has 3 heterocycles. The minimum atomic E-state index is 0.336. The van der Waals surface area contributed by atoms with Crippen molar-refractivity contribution < 1.29 is 9.53 Å². The fraction of sp³-hybridized carbons (Fsp3) is 0.773. The average Bonchev–Trinajstić information content (AvgIpc) is 2.78. The largest absolute Gasteiger partial charge is 0.378 e. The van der Waals surface area contributed by atoms with Gasteiger partial charge in [0.05, 0.1) is 13.2 Å². The first-order chi connectivity index (χ1) is 14.2. The Kier molecular flexibility index (Phi) is 6.85. The fourth-order valence-corrected chi connectivity index (χ4v) is 4.75. The lowest BCUT2D eigenvalue weighted by atomic mass is 9.86. The highest BCUT2D eigenvalue weighted by Gasteiger charge is 2.24. The first kappa shape index (κ1) is 20.4. The van der Waals surface area contributed by atoms with E-state index in [0.29, 0.717) is 5.91 Å². The molecule has 1 aliphatic carbocycles. The second-order valence-corrected chi connectivity index (χ2v) is 8.68. The van der Waals surface area contributed by atoms with Gasteiger partial charge in [-0.25, -0.2) is 4.98 Å². The Morgan fingerprint density at radius 1 is 1.00 bits per heavy atom. The number of anilines is 2. The van der Waals surface area contributed by atoms with E-state index in [1.807, 2.05) is 6.92 Å². The number of nitrogens with zero attached hydrogens (tertiary/aromatic N) is 5. The van der Waals surface area contributed by atoms with Crippen molar-refractivity contribution in [1.82, 2.24) is 14.9 Å². The number of ether oxygens (including phenoxy) is 1. The zero-order chi connectivity index (χ0) is 20.1. The summed E-state index contributed by atoms with van der Waals surface area (Å²) in [6.07, 6.45) is 8.51. The Labute approximate surface area is 174 Å². The molecule has 0 aromatic carbocycles. The first-order valence-electron chi connectivity index (χ1n) is 11.4. The first-order valence-corrected chi connectivity index (χ1v) is 11.4. The predicted octanol–water partition coefficient (Wildman–Crippen LogP) is 2.63.